The minimum absolute atomic E-state index is 0.813. The van der Waals surface area contributed by atoms with Crippen molar-refractivity contribution in [2.24, 2.45) is 5.92 Å². The molecule has 1 aromatic rings. The molecule has 0 atom stereocenters. The minimum atomic E-state index is 0.813. The molecule has 0 saturated carbocycles. The molecule has 18 heavy (non-hydrogen) atoms. The van der Waals surface area contributed by atoms with Gasteiger partial charge >= 0.3 is 0 Å². The summed E-state index contributed by atoms with van der Waals surface area (Å²) >= 11 is 9.11. The van der Waals surface area contributed by atoms with Gasteiger partial charge in [0.25, 0.3) is 0 Å². The van der Waals surface area contributed by atoms with E-state index >= 15 is 0 Å². The highest BCUT2D eigenvalue weighted by Gasteiger charge is 2.20. The molecule has 0 radical (unpaired) electrons. The molecular weight excluding hydrogens is 310 g/mol. The third-order valence-corrected chi connectivity index (χ3v) is 4.43. The van der Waals surface area contributed by atoms with Crippen LogP contribution in [0.25, 0.3) is 0 Å². The highest BCUT2D eigenvalue weighted by atomic mass is 79.9. The van der Waals surface area contributed by atoms with Crippen LogP contribution in [0.3, 0.4) is 0 Å². The summed E-state index contributed by atoms with van der Waals surface area (Å²) in [4.78, 5) is 3.19. The number of methoxy groups -OCH3 is 1. The van der Waals surface area contributed by atoms with Gasteiger partial charge < -0.3 is 9.64 Å². The van der Waals surface area contributed by atoms with E-state index in [-0.39, 0.29) is 0 Å². The smallest absolute Gasteiger partial charge is 0.129 e. The van der Waals surface area contributed by atoms with Crippen molar-refractivity contribution < 1.29 is 4.74 Å². The lowest BCUT2D eigenvalue weighted by atomic mass is 9.99. The van der Waals surface area contributed by atoms with Gasteiger partial charge in [0.15, 0.2) is 0 Å². The van der Waals surface area contributed by atoms with Crippen molar-refractivity contribution in [1.29, 1.82) is 0 Å². The Morgan fingerprint density at radius 3 is 2.67 bits per heavy atom. The number of hydrogen-bond acceptors (Lipinski definition) is 2. The number of likely N-dealkylation sites (tertiary alicyclic amines) is 1. The summed E-state index contributed by atoms with van der Waals surface area (Å²) in [7, 11) is 1.69. The highest BCUT2D eigenvalue weighted by molar-refractivity contribution is 9.10. The lowest BCUT2D eigenvalue weighted by Crippen LogP contribution is -2.37. The van der Waals surface area contributed by atoms with Crippen molar-refractivity contribution in [3.8, 4) is 5.75 Å². The third-order valence-electron chi connectivity index (χ3n) is 3.46. The molecule has 0 aromatic heterocycles. The molecule has 0 spiro atoms. The van der Waals surface area contributed by atoms with Crippen LogP contribution in [0, 0.1) is 5.92 Å². The quantitative estimate of drug-likeness (QED) is 0.765. The molecule has 0 bridgehead atoms. The number of benzene rings is 1. The lowest BCUT2D eigenvalue weighted by Gasteiger charge is -2.32. The molecule has 98 valence electrons. The first kappa shape index (κ1) is 13.8. The topological polar surface area (TPSA) is 12.5 Å². The maximum Gasteiger partial charge on any atom is 0.129 e. The predicted octanol–water partition coefficient (Wildman–Crippen LogP) is 3.87. The second kappa shape index (κ2) is 6.02. The number of nitrogens with zero attached hydrogens (tertiary/aromatic N) is 1. The van der Waals surface area contributed by atoms with Gasteiger partial charge in [-0.3, -0.25) is 0 Å². The van der Waals surface area contributed by atoms with E-state index in [0.717, 1.165) is 39.8 Å². The number of halogens is 1. The first-order chi connectivity index (χ1) is 8.61. The van der Waals surface area contributed by atoms with Crippen molar-refractivity contribution in [3.05, 3.63) is 28.2 Å². The molecule has 0 amide bonds. The summed E-state index contributed by atoms with van der Waals surface area (Å²) < 4.78 is 6.43. The average Bonchev–Trinajstić information content (AvgIpc) is 2.39. The zero-order chi connectivity index (χ0) is 13.1. The van der Waals surface area contributed by atoms with Crippen LogP contribution in [0.5, 0.6) is 5.75 Å². The molecule has 1 heterocycles. The van der Waals surface area contributed by atoms with Gasteiger partial charge in [-0.2, -0.15) is 0 Å². The fourth-order valence-electron chi connectivity index (χ4n) is 2.23. The van der Waals surface area contributed by atoms with Gasteiger partial charge in [0.1, 0.15) is 10.7 Å². The Kier molecular flexibility index (Phi) is 4.62. The summed E-state index contributed by atoms with van der Waals surface area (Å²) in [5.74, 6) is 1.66. The third kappa shape index (κ3) is 3.04. The number of ether oxygens (including phenoxy) is 1. The molecule has 1 fully saturated rings. The Morgan fingerprint density at radius 2 is 2.06 bits per heavy atom. The van der Waals surface area contributed by atoms with Crippen LogP contribution in [-0.4, -0.2) is 30.1 Å². The number of thiocarbonyl (C=S) groups is 1. The molecule has 2 rings (SSSR count). The van der Waals surface area contributed by atoms with E-state index in [4.69, 9.17) is 17.0 Å². The monoisotopic (exact) mass is 327 g/mol. The molecule has 0 N–H and O–H groups in total. The van der Waals surface area contributed by atoms with Crippen LogP contribution < -0.4 is 4.74 Å². The van der Waals surface area contributed by atoms with E-state index in [0.29, 0.717) is 0 Å². The summed E-state index contributed by atoms with van der Waals surface area (Å²) in [5, 5.41) is 0. The second-order valence-electron chi connectivity index (χ2n) is 4.82. The molecule has 0 unspecified atom stereocenters. The minimum Gasteiger partial charge on any atom is -0.496 e. The molecule has 0 aliphatic carbocycles. The maximum absolute atomic E-state index is 5.62. The van der Waals surface area contributed by atoms with Crippen LogP contribution in [0.4, 0.5) is 0 Å². The van der Waals surface area contributed by atoms with Gasteiger partial charge in [-0.05, 0) is 37.0 Å². The zero-order valence-electron chi connectivity index (χ0n) is 10.8. The molecule has 4 heteroatoms. The Morgan fingerprint density at radius 1 is 1.39 bits per heavy atom. The molecule has 1 saturated heterocycles. The number of piperidine rings is 1. The average molecular weight is 328 g/mol. The Labute approximate surface area is 122 Å². The first-order valence-corrected chi connectivity index (χ1v) is 7.44. The number of rotatable bonds is 2. The summed E-state index contributed by atoms with van der Waals surface area (Å²) in [6, 6.07) is 5.97. The van der Waals surface area contributed by atoms with E-state index in [2.05, 4.69) is 27.8 Å². The molecule has 2 nitrogen and oxygen atoms in total. The van der Waals surface area contributed by atoms with Gasteiger partial charge in [-0.15, -0.1) is 0 Å². The molecule has 1 aliphatic rings. The van der Waals surface area contributed by atoms with Gasteiger partial charge in [0.2, 0.25) is 0 Å². The SMILES string of the molecule is COc1ccc(Br)cc1C(=S)N1CCC(C)CC1. The van der Waals surface area contributed by atoms with Crippen molar-refractivity contribution in [2.45, 2.75) is 19.8 Å². The van der Waals surface area contributed by atoms with E-state index in [1.165, 1.54) is 12.8 Å². The fourth-order valence-corrected chi connectivity index (χ4v) is 2.93. The Bertz CT molecular complexity index is 441. The van der Waals surface area contributed by atoms with Gasteiger partial charge in [-0.25, -0.2) is 0 Å². The normalized spacial score (nSPS) is 16.7. The highest BCUT2D eigenvalue weighted by Crippen LogP contribution is 2.27. The molecular formula is C14H18BrNOS. The largest absolute Gasteiger partial charge is 0.496 e. The maximum atomic E-state index is 5.62. The van der Waals surface area contributed by atoms with E-state index < -0.39 is 0 Å². The predicted molar refractivity (Wildman–Crippen MR) is 82.4 cm³/mol. The van der Waals surface area contributed by atoms with Crippen molar-refractivity contribution in [3.63, 3.8) is 0 Å². The van der Waals surface area contributed by atoms with Crippen LogP contribution in [-0.2, 0) is 0 Å². The second-order valence-corrected chi connectivity index (χ2v) is 6.12. The molecule has 1 aliphatic heterocycles. The first-order valence-electron chi connectivity index (χ1n) is 6.24. The Hall–Kier alpha value is -0.610. The summed E-state index contributed by atoms with van der Waals surface area (Å²) in [5.41, 5.74) is 1.01. The standard InChI is InChI=1S/C14H18BrNOS/c1-10-5-7-16(8-6-10)14(18)12-9-11(15)3-4-13(12)17-2/h3-4,9-10H,5-8H2,1-2H3. The van der Waals surface area contributed by atoms with E-state index in [1.54, 1.807) is 7.11 Å². The summed E-state index contributed by atoms with van der Waals surface area (Å²) in [6.45, 7) is 4.41. The van der Waals surface area contributed by atoms with Crippen molar-refractivity contribution in [1.82, 2.24) is 4.90 Å². The Balaban J connectivity index is 2.20. The molecule has 1 aromatic carbocycles. The number of hydrogen-bond donors (Lipinski definition) is 0. The van der Waals surface area contributed by atoms with Crippen LogP contribution in [0.15, 0.2) is 22.7 Å². The van der Waals surface area contributed by atoms with Crippen LogP contribution >= 0.6 is 28.1 Å². The van der Waals surface area contributed by atoms with Crippen molar-refractivity contribution in [2.75, 3.05) is 20.2 Å². The van der Waals surface area contributed by atoms with Gasteiger partial charge in [-0.1, -0.05) is 35.1 Å². The summed E-state index contributed by atoms with van der Waals surface area (Å²) in [6.07, 6.45) is 2.44. The van der Waals surface area contributed by atoms with Crippen LogP contribution in [0.1, 0.15) is 25.3 Å². The zero-order valence-corrected chi connectivity index (χ0v) is 13.2. The lowest BCUT2D eigenvalue weighted by molar-refractivity contribution is 0.283. The van der Waals surface area contributed by atoms with Gasteiger partial charge in [0.05, 0.1) is 12.7 Å². The van der Waals surface area contributed by atoms with E-state index in [1.807, 2.05) is 18.2 Å². The van der Waals surface area contributed by atoms with Crippen molar-refractivity contribution >= 4 is 33.1 Å². The fraction of sp³-hybridized carbons (Fsp3) is 0.500. The van der Waals surface area contributed by atoms with Gasteiger partial charge in [0, 0.05) is 17.6 Å². The van der Waals surface area contributed by atoms with E-state index in [9.17, 15) is 0 Å². The van der Waals surface area contributed by atoms with Crippen LogP contribution in [0.2, 0.25) is 0 Å².